The molecule has 0 bridgehead atoms. The maximum Gasteiger partial charge on any atom is 0.417 e. The second-order valence-electron chi connectivity index (χ2n) is 6.86. The Morgan fingerprint density at radius 1 is 1.23 bits per heavy atom. The van der Waals surface area contributed by atoms with E-state index < -0.39 is 47.2 Å². The van der Waals surface area contributed by atoms with Crippen LogP contribution in [-0.2, 0) is 25.3 Å². The summed E-state index contributed by atoms with van der Waals surface area (Å²) in [4.78, 5) is 51.1. The van der Waals surface area contributed by atoms with Gasteiger partial charge in [-0.25, -0.2) is 4.79 Å². The zero-order valence-electron chi connectivity index (χ0n) is 16.0. The van der Waals surface area contributed by atoms with Crippen LogP contribution in [0.1, 0.15) is 12.0 Å². The molecule has 2 N–H and O–H groups in total. The third-order valence-electron chi connectivity index (χ3n) is 4.71. The summed E-state index contributed by atoms with van der Waals surface area (Å²) in [6.07, 6.45) is -4.99. The predicted molar refractivity (Wildman–Crippen MR) is 101 cm³/mol. The zero-order valence-corrected chi connectivity index (χ0v) is 16.8. The summed E-state index contributed by atoms with van der Waals surface area (Å²) in [7, 11) is 0. The van der Waals surface area contributed by atoms with Gasteiger partial charge in [0.05, 0.1) is 30.2 Å². The average molecular weight is 463 g/mol. The van der Waals surface area contributed by atoms with Gasteiger partial charge in [-0.05, 0) is 18.2 Å². The van der Waals surface area contributed by atoms with Crippen LogP contribution in [-0.4, -0.2) is 72.4 Å². The largest absolute Gasteiger partial charge is 0.417 e. The van der Waals surface area contributed by atoms with E-state index in [-0.39, 0.29) is 18.0 Å². The number of nitrogens with zero attached hydrogens (tertiary/aromatic N) is 2. The number of amides is 5. The maximum absolute atomic E-state index is 12.9. The van der Waals surface area contributed by atoms with Crippen molar-refractivity contribution >= 4 is 41.0 Å². The lowest BCUT2D eigenvalue weighted by Crippen LogP contribution is -2.44. The van der Waals surface area contributed by atoms with Crippen LogP contribution >= 0.6 is 11.6 Å². The molecule has 0 spiro atoms. The number of nitrogens with one attached hydrogen (secondary N) is 2. The molecule has 0 aliphatic carbocycles. The van der Waals surface area contributed by atoms with E-state index in [1.54, 1.807) is 0 Å². The Labute approximate surface area is 179 Å². The fraction of sp³-hybridized carbons (Fsp3) is 0.444. The third-order valence-corrected chi connectivity index (χ3v) is 5.04. The van der Waals surface area contributed by atoms with Crippen LogP contribution in [0.3, 0.4) is 0 Å². The van der Waals surface area contributed by atoms with Crippen molar-refractivity contribution in [3.63, 3.8) is 0 Å². The Bertz CT molecular complexity index is 905. The minimum Gasteiger partial charge on any atom is -0.378 e. The Morgan fingerprint density at radius 3 is 2.55 bits per heavy atom. The van der Waals surface area contributed by atoms with Crippen LogP contribution in [0, 0.1) is 0 Å². The Balaban J connectivity index is 1.59. The molecule has 31 heavy (non-hydrogen) atoms. The quantitative estimate of drug-likeness (QED) is 0.644. The standard InChI is InChI=1S/C18H18ClF3N4O5/c19-12-2-1-10(7-11(12)18(20,21)22)23-14(27)9-26-16(29)13(24-17(26)30)8-15(28)25-3-5-31-6-4-25/h1-2,7,13H,3-6,8-9H2,(H,23,27)(H,24,30)/t13-/m1/s1. The molecule has 168 valence electrons. The lowest BCUT2D eigenvalue weighted by Gasteiger charge is -2.27. The van der Waals surface area contributed by atoms with Crippen LogP contribution in [0.15, 0.2) is 18.2 Å². The fourth-order valence-corrected chi connectivity index (χ4v) is 3.37. The molecule has 5 amide bonds. The van der Waals surface area contributed by atoms with E-state index in [1.807, 2.05) is 0 Å². The van der Waals surface area contributed by atoms with Crippen molar-refractivity contribution in [1.82, 2.24) is 15.1 Å². The minimum absolute atomic E-state index is 0.201. The highest BCUT2D eigenvalue weighted by Gasteiger charge is 2.41. The normalized spacial score (nSPS) is 19.4. The molecule has 2 saturated heterocycles. The van der Waals surface area contributed by atoms with Gasteiger partial charge in [0.15, 0.2) is 0 Å². The van der Waals surface area contributed by atoms with Gasteiger partial charge in [0, 0.05) is 18.8 Å². The van der Waals surface area contributed by atoms with Gasteiger partial charge in [0.25, 0.3) is 5.91 Å². The van der Waals surface area contributed by atoms with Gasteiger partial charge < -0.3 is 20.3 Å². The van der Waals surface area contributed by atoms with Crippen LogP contribution in [0.2, 0.25) is 5.02 Å². The minimum atomic E-state index is -4.72. The summed E-state index contributed by atoms with van der Waals surface area (Å²) >= 11 is 5.53. The predicted octanol–water partition coefficient (Wildman–Crippen LogP) is 1.47. The lowest BCUT2D eigenvalue weighted by molar-refractivity contribution is -0.139. The average Bonchev–Trinajstić information content (AvgIpc) is 2.96. The van der Waals surface area contributed by atoms with Crippen molar-refractivity contribution in [1.29, 1.82) is 0 Å². The fourth-order valence-electron chi connectivity index (χ4n) is 3.15. The van der Waals surface area contributed by atoms with E-state index in [4.69, 9.17) is 16.3 Å². The summed E-state index contributed by atoms with van der Waals surface area (Å²) < 4.78 is 44.0. The van der Waals surface area contributed by atoms with Gasteiger partial charge in [-0.15, -0.1) is 0 Å². The molecule has 0 saturated carbocycles. The molecule has 2 fully saturated rings. The van der Waals surface area contributed by atoms with Crippen molar-refractivity contribution < 1.29 is 37.1 Å². The molecule has 0 aromatic heterocycles. The van der Waals surface area contributed by atoms with Gasteiger partial charge in [-0.2, -0.15) is 13.2 Å². The van der Waals surface area contributed by atoms with E-state index >= 15 is 0 Å². The monoisotopic (exact) mass is 462 g/mol. The van der Waals surface area contributed by atoms with Gasteiger partial charge in [0.2, 0.25) is 11.8 Å². The van der Waals surface area contributed by atoms with Crippen molar-refractivity contribution in [3.05, 3.63) is 28.8 Å². The smallest absolute Gasteiger partial charge is 0.378 e. The number of alkyl halides is 3. The molecule has 2 heterocycles. The molecule has 1 atom stereocenters. The summed E-state index contributed by atoms with van der Waals surface area (Å²) in [5, 5.41) is 4.00. The summed E-state index contributed by atoms with van der Waals surface area (Å²) in [6, 6.07) is 0.789. The number of benzene rings is 1. The number of rotatable bonds is 5. The first-order valence-corrected chi connectivity index (χ1v) is 9.58. The first-order valence-electron chi connectivity index (χ1n) is 9.20. The highest BCUT2D eigenvalue weighted by molar-refractivity contribution is 6.31. The highest BCUT2D eigenvalue weighted by atomic mass is 35.5. The molecule has 1 aromatic rings. The van der Waals surface area contributed by atoms with Gasteiger partial charge in [0.1, 0.15) is 12.6 Å². The number of carbonyl (C=O) groups excluding carboxylic acids is 4. The number of carbonyl (C=O) groups is 4. The molecule has 0 radical (unpaired) electrons. The summed E-state index contributed by atoms with van der Waals surface area (Å²) in [5.41, 5.74) is -1.34. The van der Waals surface area contributed by atoms with Crippen molar-refractivity contribution in [3.8, 4) is 0 Å². The Morgan fingerprint density at radius 2 is 1.90 bits per heavy atom. The summed E-state index contributed by atoms with van der Waals surface area (Å²) in [5.74, 6) is -2.00. The Hall–Kier alpha value is -2.86. The molecule has 3 rings (SSSR count). The number of hydrogen-bond acceptors (Lipinski definition) is 5. The number of halogens is 4. The highest BCUT2D eigenvalue weighted by Crippen LogP contribution is 2.36. The van der Waals surface area contributed by atoms with Crippen LogP contribution < -0.4 is 10.6 Å². The first-order chi connectivity index (χ1) is 14.6. The molecule has 0 unspecified atom stereocenters. The number of ether oxygens (including phenoxy) is 1. The van der Waals surface area contributed by atoms with E-state index in [0.717, 1.165) is 12.1 Å². The molecule has 2 aliphatic heterocycles. The van der Waals surface area contributed by atoms with Gasteiger partial charge in [-0.1, -0.05) is 11.6 Å². The Kier molecular flexibility index (Phi) is 6.70. The zero-order chi connectivity index (χ0) is 22.8. The van der Waals surface area contributed by atoms with E-state index in [1.165, 1.54) is 4.90 Å². The van der Waals surface area contributed by atoms with Gasteiger partial charge >= 0.3 is 12.2 Å². The second kappa shape index (κ2) is 9.10. The molecule has 9 nitrogen and oxygen atoms in total. The van der Waals surface area contributed by atoms with Gasteiger partial charge in [-0.3, -0.25) is 19.3 Å². The SMILES string of the molecule is O=C(CN1C(=O)N[C@H](CC(=O)N2CCOCC2)C1=O)Nc1ccc(Cl)c(C(F)(F)F)c1. The summed E-state index contributed by atoms with van der Waals surface area (Å²) in [6.45, 7) is 0.784. The van der Waals surface area contributed by atoms with E-state index in [9.17, 15) is 32.3 Å². The molecule has 2 aliphatic rings. The van der Waals surface area contributed by atoms with Crippen molar-refractivity contribution in [2.24, 2.45) is 0 Å². The maximum atomic E-state index is 12.9. The molecule has 13 heteroatoms. The first kappa shape index (κ1) is 22.8. The van der Waals surface area contributed by atoms with Crippen molar-refractivity contribution in [2.45, 2.75) is 18.6 Å². The van der Waals surface area contributed by atoms with E-state index in [0.29, 0.717) is 37.3 Å². The molecule has 1 aromatic carbocycles. The van der Waals surface area contributed by atoms with Crippen LogP contribution in [0.25, 0.3) is 0 Å². The third kappa shape index (κ3) is 5.44. The number of imide groups is 1. The lowest BCUT2D eigenvalue weighted by atomic mass is 10.1. The van der Waals surface area contributed by atoms with E-state index in [2.05, 4.69) is 10.6 Å². The number of morpholine rings is 1. The number of hydrogen-bond donors (Lipinski definition) is 2. The molecular weight excluding hydrogens is 445 g/mol. The van der Waals surface area contributed by atoms with Crippen LogP contribution in [0.4, 0.5) is 23.7 Å². The second-order valence-corrected chi connectivity index (χ2v) is 7.27. The molecular formula is C18H18ClF3N4O5. The van der Waals surface area contributed by atoms with Crippen LogP contribution in [0.5, 0.6) is 0 Å². The number of urea groups is 1. The number of anilines is 1. The topological polar surface area (TPSA) is 108 Å². The van der Waals surface area contributed by atoms with Crippen molar-refractivity contribution in [2.75, 3.05) is 38.2 Å².